The highest BCUT2D eigenvalue weighted by molar-refractivity contribution is 7.26. The minimum absolute atomic E-state index is 1.09. The van der Waals surface area contributed by atoms with Crippen LogP contribution in [0.3, 0.4) is 0 Å². The molecular weight excluding hydrogens is 877 g/mol. The first-order valence-corrected chi connectivity index (χ1v) is 25.1. The second-order valence-electron chi connectivity index (χ2n) is 18.4. The number of aromatic nitrogens is 1. The Kier molecular flexibility index (Phi) is 9.75. The Morgan fingerprint density at radius 1 is 0.310 bits per heavy atom. The van der Waals surface area contributed by atoms with Gasteiger partial charge in [-0.3, -0.25) is 0 Å². The number of fused-ring (bicyclic) bond motifs is 8. The third-order valence-corrected chi connectivity index (χ3v) is 15.6. The van der Waals surface area contributed by atoms with Crippen LogP contribution in [0.15, 0.2) is 267 Å². The second-order valence-corrected chi connectivity index (χ2v) is 19.4. The highest BCUT2D eigenvalue weighted by Gasteiger charge is 2.23. The Hall–Kier alpha value is -9.02. The van der Waals surface area contributed by atoms with Crippen molar-refractivity contribution in [3.63, 3.8) is 0 Å². The molecule has 0 bridgehead atoms. The predicted octanol–water partition coefficient (Wildman–Crippen LogP) is 19.6. The molecule has 0 saturated carbocycles. The summed E-state index contributed by atoms with van der Waals surface area (Å²) in [5.74, 6) is 0. The smallest absolute Gasteiger partial charge is 0.0555 e. The third kappa shape index (κ3) is 6.85. The van der Waals surface area contributed by atoms with Gasteiger partial charge in [-0.1, -0.05) is 206 Å². The molecule has 0 fully saturated rings. The summed E-state index contributed by atoms with van der Waals surface area (Å²) in [6.07, 6.45) is 0. The van der Waals surface area contributed by atoms with E-state index in [2.05, 4.69) is 276 Å². The van der Waals surface area contributed by atoms with Crippen molar-refractivity contribution in [2.75, 3.05) is 4.90 Å². The van der Waals surface area contributed by atoms with Gasteiger partial charge in [0.1, 0.15) is 0 Å². The lowest BCUT2D eigenvalue weighted by atomic mass is 9.95. The molecule has 2 aromatic heterocycles. The van der Waals surface area contributed by atoms with Crippen molar-refractivity contribution < 1.29 is 0 Å². The second kappa shape index (κ2) is 16.9. The molecule has 14 rings (SSSR count). The highest BCUT2D eigenvalue weighted by atomic mass is 32.1. The number of nitrogens with zero attached hydrogens (tertiary/aromatic N) is 2. The largest absolute Gasteiger partial charge is 0.310 e. The predicted molar refractivity (Wildman–Crippen MR) is 305 cm³/mol. The standard InChI is InChI=1S/C68H44N2S/c1-2-21-51(22-3-1)70-62-31-10-8-26-60(62)66-57(29-15-32-63(66)70)50-20-12-23-53(44-50)69(52-40-38-46(39-41-52)45-34-36-49(37-35-45)55-28-13-18-47-16-4-6-24-54(47)55)64-43-42-59(58-30-14-19-48-17-5-7-25-56(48)58)68-67(64)61-27-9-11-33-65(61)71-68/h1-44H. The van der Waals surface area contributed by atoms with Crippen LogP contribution in [0.4, 0.5) is 17.1 Å². The van der Waals surface area contributed by atoms with Gasteiger partial charge in [0.05, 0.1) is 16.7 Å². The fourth-order valence-electron chi connectivity index (χ4n) is 11.1. The van der Waals surface area contributed by atoms with Crippen LogP contribution in [0, 0.1) is 0 Å². The van der Waals surface area contributed by atoms with E-state index in [-0.39, 0.29) is 0 Å². The molecule has 0 radical (unpaired) electrons. The van der Waals surface area contributed by atoms with E-state index in [9.17, 15) is 0 Å². The first kappa shape index (κ1) is 41.0. The van der Waals surface area contributed by atoms with Crippen molar-refractivity contribution in [1.82, 2.24) is 4.57 Å². The molecule has 0 aliphatic carbocycles. The zero-order chi connectivity index (χ0) is 46.8. The summed E-state index contributed by atoms with van der Waals surface area (Å²) in [6.45, 7) is 0. The summed E-state index contributed by atoms with van der Waals surface area (Å²) in [5.41, 5.74) is 16.5. The molecule has 12 aromatic carbocycles. The first-order valence-electron chi connectivity index (χ1n) is 24.3. The van der Waals surface area contributed by atoms with E-state index in [1.165, 1.54) is 102 Å². The van der Waals surface area contributed by atoms with Gasteiger partial charge in [0.2, 0.25) is 0 Å². The fourth-order valence-corrected chi connectivity index (χ4v) is 12.4. The van der Waals surface area contributed by atoms with Crippen LogP contribution in [0.25, 0.3) is 114 Å². The van der Waals surface area contributed by atoms with E-state index in [1.54, 1.807) is 0 Å². The molecule has 71 heavy (non-hydrogen) atoms. The summed E-state index contributed by atoms with van der Waals surface area (Å²) in [4.78, 5) is 2.48. The molecule has 3 heteroatoms. The zero-order valence-electron chi connectivity index (χ0n) is 38.7. The fraction of sp³-hybridized carbons (Fsp3) is 0. The van der Waals surface area contributed by atoms with Crippen LogP contribution in [0.5, 0.6) is 0 Å². The minimum atomic E-state index is 1.09. The van der Waals surface area contributed by atoms with Crippen LogP contribution in [0.2, 0.25) is 0 Å². The van der Waals surface area contributed by atoms with Crippen LogP contribution in [0.1, 0.15) is 0 Å². The van der Waals surface area contributed by atoms with Crippen molar-refractivity contribution >= 4 is 91.9 Å². The molecule has 332 valence electrons. The van der Waals surface area contributed by atoms with Crippen LogP contribution < -0.4 is 4.90 Å². The van der Waals surface area contributed by atoms with Gasteiger partial charge in [0.25, 0.3) is 0 Å². The van der Waals surface area contributed by atoms with Crippen molar-refractivity contribution in [1.29, 1.82) is 0 Å². The van der Waals surface area contributed by atoms with Gasteiger partial charge in [-0.2, -0.15) is 0 Å². The van der Waals surface area contributed by atoms with Crippen LogP contribution >= 0.6 is 11.3 Å². The molecule has 0 saturated heterocycles. The normalized spacial score (nSPS) is 11.7. The Morgan fingerprint density at radius 2 is 0.873 bits per heavy atom. The summed E-state index contributed by atoms with van der Waals surface area (Å²) >= 11 is 1.89. The quantitative estimate of drug-likeness (QED) is 0.147. The van der Waals surface area contributed by atoms with E-state index in [1.807, 2.05) is 11.3 Å². The molecule has 0 atom stereocenters. The SMILES string of the molecule is c1ccc(-n2c3ccccc3c3c(-c4cccc(N(c5ccc(-c6ccc(-c7cccc8ccccc78)cc6)cc5)c5ccc(-c6cccc7ccccc67)c6sc7ccccc7c56)c4)cccc32)cc1. The summed E-state index contributed by atoms with van der Waals surface area (Å²) in [5, 5.41) is 10.0. The number of thiophene rings is 1. The van der Waals surface area contributed by atoms with Crippen LogP contribution in [-0.2, 0) is 0 Å². The third-order valence-electron chi connectivity index (χ3n) is 14.4. The number of anilines is 3. The van der Waals surface area contributed by atoms with E-state index in [4.69, 9.17) is 0 Å². The van der Waals surface area contributed by atoms with E-state index in [0.717, 1.165) is 28.3 Å². The molecule has 0 amide bonds. The molecule has 2 heterocycles. The molecule has 0 spiro atoms. The average Bonchev–Trinajstić information content (AvgIpc) is 4.01. The molecule has 0 unspecified atom stereocenters. The monoisotopic (exact) mass is 920 g/mol. The van der Waals surface area contributed by atoms with Gasteiger partial charge >= 0.3 is 0 Å². The molecule has 0 N–H and O–H groups in total. The van der Waals surface area contributed by atoms with Gasteiger partial charge in [-0.05, 0) is 121 Å². The summed E-state index contributed by atoms with van der Waals surface area (Å²) < 4.78 is 4.95. The van der Waals surface area contributed by atoms with Gasteiger partial charge in [0, 0.05) is 53.6 Å². The lowest BCUT2D eigenvalue weighted by Gasteiger charge is -2.28. The van der Waals surface area contributed by atoms with E-state index in [0.29, 0.717) is 0 Å². The molecule has 14 aromatic rings. The van der Waals surface area contributed by atoms with Crippen molar-refractivity contribution in [2.24, 2.45) is 0 Å². The van der Waals surface area contributed by atoms with Crippen molar-refractivity contribution in [3.05, 3.63) is 267 Å². The summed E-state index contributed by atoms with van der Waals surface area (Å²) in [6, 6.07) is 97.9. The Labute approximate surface area is 416 Å². The Bertz CT molecular complexity index is 4320. The highest BCUT2D eigenvalue weighted by Crippen LogP contribution is 2.50. The van der Waals surface area contributed by atoms with E-state index < -0.39 is 0 Å². The maximum absolute atomic E-state index is 2.48. The van der Waals surface area contributed by atoms with Crippen LogP contribution in [-0.4, -0.2) is 4.57 Å². The maximum Gasteiger partial charge on any atom is 0.0555 e. The Morgan fingerprint density at radius 3 is 1.65 bits per heavy atom. The molecule has 0 aliphatic rings. The van der Waals surface area contributed by atoms with Gasteiger partial charge in [0.15, 0.2) is 0 Å². The lowest BCUT2D eigenvalue weighted by molar-refractivity contribution is 1.18. The van der Waals surface area contributed by atoms with Crippen molar-refractivity contribution in [2.45, 2.75) is 0 Å². The molecule has 0 aliphatic heterocycles. The molecule has 2 nitrogen and oxygen atoms in total. The zero-order valence-corrected chi connectivity index (χ0v) is 39.5. The van der Waals surface area contributed by atoms with Gasteiger partial charge in [-0.25, -0.2) is 0 Å². The number of hydrogen-bond acceptors (Lipinski definition) is 2. The number of rotatable bonds is 8. The topological polar surface area (TPSA) is 8.17 Å². The van der Waals surface area contributed by atoms with Gasteiger partial charge < -0.3 is 9.47 Å². The number of hydrogen-bond donors (Lipinski definition) is 0. The first-order chi connectivity index (χ1) is 35.2. The lowest BCUT2D eigenvalue weighted by Crippen LogP contribution is -2.10. The number of benzene rings is 12. The minimum Gasteiger partial charge on any atom is -0.310 e. The molecular formula is C68H44N2S. The van der Waals surface area contributed by atoms with Crippen molar-refractivity contribution in [3.8, 4) is 50.2 Å². The summed E-state index contributed by atoms with van der Waals surface area (Å²) in [7, 11) is 0. The number of para-hydroxylation sites is 2. The average molecular weight is 921 g/mol. The van der Waals surface area contributed by atoms with Gasteiger partial charge in [-0.15, -0.1) is 11.3 Å². The van der Waals surface area contributed by atoms with E-state index >= 15 is 0 Å². The Balaban J connectivity index is 0.952. The maximum atomic E-state index is 2.48.